The van der Waals surface area contributed by atoms with E-state index in [1.165, 1.54) is 32.1 Å². The van der Waals surface area contributed by atoms with E-state index in [9.17, 15) is 0 Å². The van der Waals surface area contributed by atoms with Crippen molar-refractivity contribution in [2.24, 2.45) is 5.84 Å². The van der Waals surface area contributed by atoms with E-state index in [2.05, 4.69) is 31.3 Å². The summed E-state index contributed by atoms with van der Waals surface area (Å²) in [5.74, 6) is 5.78. The monoisotopic (exact) mass is 302 g/mol. The van der Waals surface area contributed by atoms with Gasteiger partial charge in [0, 0.05) is 11.4 Å². The fourth-order valence-corrected chi connectivity index (χ4v) is 3.51. The molecule has 0 bridgehead atoms. The van der Waals surface area contributed by atoms with Crippen molar-refractivity contribution in [3.05, 3.63) is 10.7 Å². The van der Waals surface area contributed by atoms with Crippen molar-refractivity contribution in [2.75, 3.05) is 5.43 Å². The predicted molar refractivity (Wildman–Crippen MR) is 70.3 cm³/mol. The third-order valence-electron chi connectivity index (χ3n) is 2.67. The molecule has 1 aromatic rings. The summed E-state index contributed by atoms with van der Waals surface area (Å²) in [6.45, 7) is 0. The van der Waals surface area contributed by atoms with Gasteiger partial charge in [0.05, 0.1) is 4.47 Å². The van der Waals surface area contributed by atoms with Crippen molar-refractivity contribution in [3.8, 4) is 0 Å². The van der Waals surface area contributed by atoms with E-state index in [0.29, 0.717) is 11.2 Å². The normalized spacial score (nSPS) is 17.4. The summed E-state index contributed by atoms with van der Waals surface area (Å²) in [7, 11) is 0. The highest BCUT2D eigenvalue weighted by molar-refractivity contribution is 9.10. The van der Waals surface area contributed by atoms with Gasteiger partial charge in [-0.1, -0.05) is 19.3 Å². The van der Waals surface area contributed by atoms with Gasteiger partial charge < -0.3 is 0 Å². The fraction of sp³-hybridized carbons (Fsp3) is 0.600. The molecule has 3 N–H and O–H groups in total. The smallest absolute Gasteiger partial charge is 0.238 e. The summed E-state index contributed by atoms with van der Waals surface area (Å²) in [5, 5.41) is 1.67. The molecule has 1 saturated carbocycles. The largest absolute Gasteiger partial charge is 0.292 e. The zero-order chi connectivity index (χ0) is 11.4. The Labute approximate surface area is 108 Å². The third-order valence-corrected chi connectivity index (χ3v) is 4.85. The molecule has 1 aromatic heterocycles. The molecule has 0 unspecified atom stereocenters. The maximum absolute atomic E-state index is 5.30. The average Bonchev–Trinajstić information content (AvgIpc) is 2.33. The van der Waals surface area contributed by atoms with Crippen molar-refractivity contribution in [3.63, 3.8) is 0 Å². The number of nitrogens with zero attached hydrogens (tertiary/aromatic N) is 2. The van der Waals surface area contributed by atoms with Gasteiger partial charge >= 0.3 is 0 Å². The van der Waals surface area contributed by atoms with Gasteiger partial charge in [-0.25, -0.2) is 15.8 Å². The highest BCUT2D eigenvalue weighted by Gasteiger charge is 2.17. The van der Waals surface area contributed by atoms with Crippen molar-refractivity contribution in [1.29, 1.82) is 0 Å². The van der Waals surface area contributed by atoms with Gasteiger partial charge in [-0.3, -0.25) is 5.43 Å². The van der Waals surface area contributed by atoms with Gasteiger partial charge in [0.1, 0.15) is 5.03 Å². The molecular formula is C10H15BrN4S. The first-order valence-corrected chi connectivity index (χ1v) is 7.12. The summed E-state index contributed by atoms with van der Waals surface area (Å²) >= 11 is 5.30. The van der Waals surface area contributed by atoms with E-state index in [1.807, 2.05) is 11.8 Å². The number of rotatable bonds is 3. The molecule has 16 heavy (non-hydrogen) atoms. The topological polar surface area (TPSA) is 63.8 Å². The lowest BCUT2D eigenvalue weighted by Crippen LogP contribution is -2.12. The van der Waals surface area contributed by atoms with Gasteiger partial charge in [-0.15, -0.1) is 11.8 Å². The molecule has 0 radical (unpaired) electrons. The number of hydrogen-bond donors (Lipinski definition) is 2. The van der Waals surface area contributed by atoms with Crippen LogP contribution in [0.3, 0.4) is 0 Å². The molecule has 0 saturated heterocycles. The first-order chi connectivity index (χ1) is 7.79. The molecule has 6 heteroatoms. The van der Waals surface area contributed by atoms with Gasteiger partial charge in [-0.2, -0.15) is 0 Å². The Morgan fingerprint density at radius 3 is 2.81 bits per heavy atom. The lowest BCUT2D eigenvalue weighted by atomic mass is 10.0. The number of hydrazine groups is 1. The zero-order valence-corrected chi connectivity index (χ0v) is 11.4. The van der Waals surface area contributed by atoms with Crippen molar-refractivity contribution in [2.45, 2.75) is 42.4 Å². The minimum absolute atomic E-state index is 0.474. The van der Waals surface area contributed by atoms with Crippen LogP contribution in [0.5, 0.6) is 0 Å². The van der Waals surface area contributed by atoms with Crippen molar-refractivity contribution >= 4 is 33.6 Å². The Bertz CT molecular complexity index is 355. The van der Waals surface area contributed by atoms with Crippen LogP contribution < -0.4 is 11.3 Å². The molecule has 88 valence electrons. The summed E-state index contributed by atoms with van der Waals surface area (Å²) in [5.41, 5.74) is 2.48. The SMILES string of the molecule is NNc1ncc(Br)c(SC2CCCCC2)n1. The highest BCUT2D eigenvalue weighted by atomic mass is 79.9. The summed E-state index contributed by atoms with van der Waals surface area (Å²) in [4.78, 5) is 8.40. The first kappa shape index (κ1) is 12.1. The predicted octanol–water partition coefficient (Wildman–Crippen LogP) is 2.95. The molecule has 0 aromatic carbocycles. The van der Waals surface area contributed by atoms with E-state index >= 15 is 0 Å². The minimum atomic E-state index is 0.474. The molecule has 2 rings (SSSR count). The van der Waals surface area contributed by atoms with E-state index < -0.39 is 0 Å². The van der Waals surface area contributed by atoms with Crippen LogP contribution >= 0.6 is 27.7 Å². The molecule has 4 nitrogen and oxygen atoms in total. The number of anilines is 1. The average molecular weight is 303 g/mol. The molecule has 1 aliphatic carbocycles. The number of nitrogen functional groups attached to an aromatic ring is 1. The van der Waals surface area contributed by atoms with Crippen LogP contribution in [0.2, 0.25) is 0 Å². The second-order valence-electron chi connectivity index (χ2n) is 3.87. The number of thioether (sulfide) groups is 1. The fourth-order valence-electron chi connectivity index (χ4n) is 1.84. The lowest BCUT2D eigenvalue weighted by molar-refractivity contribution is 0.515. The van der Waals surface area contributed by atoms with Crippen LogP contribution in [0.15, 0.2) is 15.7 Å². The number of nitrogens with one attached hydrogen (secondary N) is 1. The quantitative estimate of drug-likeness (QED) is 0.510. The molecule has 0 aliphatic heterocycles. The second-order valence-corrected chi connectivity index (χ2v) is 6.01. The molecule has 0 amide bonds. The maximum atomic E-state index is 5.30. The first-order valence-electron chi connectivity index (χ1n) is 5.45. The van der Waals surface area contributed by atoms with Crippen LogP contribution in [-0.4, -0.2) is 15.2 Å². The van der Waals surface area contributed by atoms with Gasteiger partial charge in [-0.05, 0) is 28.8 Å². The molecular weight excluding hydrogens is 288 g/mol. The Morgan fingerprint density at radius 2 is 2.12 bits per heavy atom. The van der Waals surface area contributed by atoms with Gasteiger partial charge in [0.25, 0.3) is 0 Å². The van der Waals surface area contributed by atoms with Crippen LogP contribution in [0.4, 0.5) is 5.95 Å². The van der Waals surface area contributed by atoms with Gasteiger partial charge in [0.15, 0.2) is 0 Å². The van der Waals surface area contributed by atoms with Crippen LogP contribution in [0.25, 0.3) is 0 Å². The molecule has 0 atom stereocenters. The number of nitrogens with two attached hydrogens (primary N) is 1. The number of hydrogen-bond acceptors (Lipinski definition) is 5. The second kappa shape index (κ2) is 5.84. The Balaban J connectivity index is 2.06. The molecule has 1 aliphatic rings. The van der Waals surface area contributed by atoms with Crippen LogP contribution in [-0.2, 0) is 0 Å². The summed E-state index contributed by atoms with van der Waals surface area (Å²) in [6, 6.07) is 0. The van der Waals surface area contributed by atoms with E-state index in [1.54, 1.807) is 6.20 Å². The molecule has 1 heterocycles. The van der Waals surface area contributed by atoms with E-state index in [4.69, 9.17) is 5.84 Å². The Kier molecular flexibility index (Phi) is 4.43. The van der Waals surface area contributed by atoms with E-state index in [0.717, 1.165) is 9.50 Å². The summed E-state index contributed by atoms with van der Waals surface area (Å²) < 4.78 is 0.946. The van der Waals surface area contributed by atoms with Crippen molar-refractivity contribution in [1.82, 2.24) is 9.97 Å². The maximum Gasteiger partial charge on any atom is 0.238 e. The molecule has 0 spiro atoms. The zero-order valence-electron chi connectivity index (χ0n) is 8.95. The number of aromatic nitrogens is 2. The number of halogens is 1. The van der Waals surface area contributed by atoms with Gasteiger partial charge in [0.2, 0.25) is 5.95 Å². The van der Waals surface area contributed by atoms with E-state index in [-0.39, 0.29) is 0 Å². The Hall–Kier alpha value is -0.330. The lowest BCUT2D eigenvalue weighted by Gasteiger charge is -2.20. The standard InChI is InChI=1S/C10H15BrN4S/c11-8-6-13-10(15-12)14-9(8)16-7-4-2-1-3-5-7/h6-7H,1-5,12H2,(H,13,14,15). The Morgan fingerprint density at radius 1 is 1.38 bits per heavy atom. The molecule has 1 fully saturated rings. The summed E-state index contributed by atoms with van der Waals surface area (Å²) in [6.07, 6.45) is 8.36. The van der Waals surface area contributed by atoms with Crippen LogP contribution in [0, 0.1) is 0 Å². The van der Waals surface area contributed by atoms with Crippen LogP contribution in [0.1, 0.15) is 32.1 Å². The minimum Gasteiger partial charge on any atom is -0.292 e. The van der Waals surface area contributed by atoms with Crippen molar-refractivity contribution < 1.29 is 0 Å². The third kappa shape index (κ3) is 3.09. The highest BCUT2D eigenvalue weighted by Crippen LogP contribution is 2.35.